The first-order chi connectivity index (χ1) is 15.1. The molecule has 0 aromatic carbocycles. The van der Waals surface area contributed by atoms with Gasteiger partial charge in [-0.2, -0.15) is 10.2 Å². The summed E-state index contributed by atoms with van der Waals surface area (Å²) in [7, 11) is 4.20. The van der Waals surface area contributed by atoms with E-state index in [1.807, 2.05) is 29.1 Å². The van der Waals surface area contributed by atoms with E-state index in [0.717, 1.165) is 29.1 Å². The standard InChI is InChI=1S/C21H22N8OS/c1-28(2)14-7-15(8-14)29-11-17(19(27-29)16-5-3-4-6-22-16)25-20(30)18-12-31-21(26-18)13-9-23-24-10-13/h3-6,9-12,14-15H,7-8H2,1-2H3,(H,23,24)(H,25,30). The number of carbonyl (C=O) groups is 1. The first-order valence-corrected chi connectivity index (χ1v) is 10.9. The SMILES string of the molecule is CN(C)C1CC(n2cc(NC(=O)c3csc(-c4cn[nH]c4)n3)c(-c3ccccn3)n2)C1. The van der Waals surface area contributed by atoms with Crippen molar-refractivity contribution in [3.8, 4) is 22.0 Å². The summed E-state index contributed by atoms with van der Waals surface area (Å²) in [4.78, 5) is 24.0. The molecule has 9 nitrogen and oxygen atoms in total. The number of thiazole rings is 1. The Morgan fingerprint density at radius 2 is 2.19 bits per heavy atom. The van der Waals surface area contributed by atoms with Crippen molar-refractivity contribution in [2.24, 2.45) is 0 Å². The summed E-state index contributed by atoms with van der Waals surface area (Å²) in [6.07, 6.45) is 9.13. The van der Waals surface area contributed by atoms with Crippen molar-refractivity contribution in [2.75, 3.05) is 19.4 Å². The number of amides is 1. The molecule has 1 saturated carbocycles. The van der Waals surface area contributed by atoms with Crippen LogP contribution in [0.3, 0.4) is 0 Å². The molecule has 0 atom stereocenters. The maximum absolute atomic E-state index is 12.9. The van der Waals surface area contributed by atoms with E-state index in [2.05, 4.69) is 44.5 Å². The van der Waals surface area contributed by atoms with E-state index in [1.54, 1.807) is 24.0 Å². The number of nitrogens with zero attached hydrogens (tertiary/aromatic N) is 6. The number of aromatic nitrogens is 6. The Kier molecular flexibility index (Phi) is 5.08. The molecule has 2 N–H and O–H groups in total. The third-order valence-electron chi connectivity index (χ3n) is 5.56. The molecule has 1 aliphatic rings. The zero-order valence-corrected chi connectivity index (χ0v) is 18.0. The number of carbonyl (C=O) groups excluding carboxylic acids is 1. The Morgan fingerprint density at radius 3 is 2.90 bits per heavy atom. The van der Waals surface area contributed by atoms with Crippen LogP contribution >= 0.6 is 11.3 Å². The molecule has 158 valence electrons. The molecular weight excluding hydrogens is 412 g/mol. The van der Waals surface area contributed by atoms with Gasteiger partial charge >= 0.3 is 0 Å². The summed E-state index contributed by atoms with van der Waals surface area (Å²) in [5.41, 5.74) is 3.23. The number of rotatable bonds is 6. The summed E-state index contributed by atoms with van der Waals surface area (Å²) in [6, 6.07) is 6.54. The van der Waals surface area contributed by atoms with Gasteiger partial charge in [0, 0.05) is 35.6 Å². The summed E-state index contributed by atoms with van der Waals surface area (Å²) in [5.74, 6) is -0.275. The van der Waals surface area contributed by atoms with E-state index >= 15 is 0 Å². The van der Waals surface area contributed by atoms with Crippen molar-refractivity contribution in [3.63, 3.8) is 0 Å². The van der Waals surface area contributed by atoms with Crippen LogP contribution in [0, 0.1) is 0 Å². The molecule has 4 aromatic rings. The highest BCUT2D eigenvalue weighted by Crippen LogP contribution is 2.37. The van der Waals surface area contributed by atoms with Gasteiger partial charge in [0.2, 0.25) is 0 Å². The first kappa shape index (κ1) is 19.6. The van der Waals surface area contributed by atoms with E-state index in [-0.39, 0.29) is 5.91 Å². The van der Waals surface area contributed by atoms with Crippen LogP contribution in [-0.4, -0.2) is 60.9 Å². The van der Waals surface area contributed by atoms with Gasteiger partial charge in [-0.1, -0.05) is 6.07 Å². The first-order valence-electron chi connectivity index (χ1n) is 10.0. The topological polar surface area (TPSA) is 105 Å². The minimum absolute atomic E-state index is 0.275. The van der Waals surface area contributed by atoms with Crippen molar-refractivity contribution < 1.29 is 4.79 Å². The van der Waals surface area contributed by atoms with Gasteiger partial charge in [0.25, 0.3) is 5.91 Å². The monoisotopic (exact) mass is 434 g/mol. The molecular formula is C21H22N8OS. The van der Waals surface area contributed by atoms with E-state index in [0.29, 0.717) is 29.2 Å². The molecule has 31 heavy (non-hydrogen) atoms. The van der Waals surface area contributed by atoms with Gasteiger partial charge in [0.1, 0.15) is 16.4 Å². The quantitative estimate of drug-likeness (QED) is 0.482. The minimum Gasteiger partial charge on any atom is -0.317 e. The second kappa shape index (κ2) is 8.05. The van der Waals surface area contributed by atoms with Gasteiger partial charge in [-0.15, -0.1) is 11.3 Å². The third kappa shape index (κ3) is 3.87. The summed E-state index contributed by atoms with van der Waals surface area (Å²) < 4.78 is 1.96. The van der Waals surface area contributed by atoms with E-state index in [9.17, 15) is 4.79 Å². The highest BCUT2D eigenvalue weighted by atomic mass is 32.1. The average molecular weight is 435 g/mol. The normalized spacial score (nSPS) is 18.2. The maximum atomic E-state index is 12.9. The molecule has 10 heteroatoms. The molecule has 5 rings (SSSR count). The largest absolute Gasteiger partial charge is 0.317 e. The predicted molar refractivity (Wildman–Crippen MR) is 119 cm³/mol. The zero-order chi connectivity index (χ0) is 21.4. The van der Waals surface area contributed by atoms with E-state index < -0.39 is 0 Å². The number of hydrogen-bond acceptors (Lipinski definition) is 7. The summed E-state index contributed by atoms with van der Waals surface area (Å²) >= 11 is 1.40. The molecule has 0 saturated heterocycles. The van der Waals surface area contributed by atoms with Gasteiger partial charge in [-0.3, -0.25) is 19.6 Å². The molecule has 1 aliphatic carbocycles. The maximum Gasteiger partial charge on any atom is 0.275 e. The highest BCUT2D eigenvalue weighted by molar-refractivity contribution is 7.13. The minimum atomic E-state index is -0.275. The molecule has 0 spiro atoms. The lowest BCUT2D eigenvalue weighted by Gasteiger charge is -2.39. The number of pyridine rings is 1. The Morgan fingerprint density at radius 1 is 1.32 bits per heavy atom. The molecule has 0 radical (unpaired) electrons. The summed E-state index contributed by atoms with van der Waals surface area (Å²) in [5, 5.41) is 17.0. The van der Waals surface area contributed by atoms with Crippen molar-refractivity contribution in [1.82, 2.24) is 34.8 Å². The van der Waals surface area contributed by atoms with Crippen LogP contribution in [0.2, 0.25) is 0 Å². The van der Waals surface area contributed by atoms with E-state index in [4.69, 9.17) is 5.10 Å². The molecule has 0 bridgehead atoms. The third-order valence-corrected chi connectivity index (χ3v) is 6.45. The van der Waals surface area contributed by atoms with Crippen LogP contribution < -0.4 is 5.32 Å². The Bertz CT molecular complexity index is 1180. The molecule has 1 fully saturated rings. The lowest BCUT2D eigenvalue weighted by molar-refractivity contribution is 0.102. The van der Waals surface area contributed by atoms with Crippen LogP contribution in [-0.2, 0) is 0 Å². The molecule has 0 unspecified atom stereocenters. The van der Waals surface area contributed by atoms with Crippen molar-refractivity contribution >= 4 is 22.9 Å². The molecule has 1 amide bonds. The smallest absolute Gasteiger partial charge is 0.275 e. The Labute approximate surface area is 183 Å². The number of hydrogen-bond donors (Lipinski definition) is 2. The van der Waals surface area contributed by atoms with Crippen LogP contribution in [0.5, 0.6) is 0 Å². The van der Waals surface area contributed by atoms with E-state index in [1.165, 1.54) is 11.3 Å². The fourth-order valence-electron chi connectivity index (χ4n) is 3.62. The fourth-order valence-corrected chi connectivity index (χ4v) is 4.41. The second-order valence-electron chi connectivity index (χ2n) is 7.81. The highest BCUT2D eigenvalue weighted by Gasteiger charge is 2.33. The van der Waals surface area contributed by atoms with Crippen LogP contribution in [0.15, 0.2) is 48.4 Å². The van der Waals surface area contributed by atoms with Crippen LogP contribution in [0.4, 0.5) is 5.69 Å². The number of nitrogens with one attached hydrogen (secondary N) is 2. The number of aromatic amines is 1. The second-order valence-corrected chi connectivity index (χ2v) is 8.67. The fraction of sp³-hybridized carbons (Fsp3) is 0.286. The number of H-pyrrole nitrogens is 1. The summed E-state index contributed by atoms with van der Waals surface area (Å²) in [6.45, 7) is 0. The van der Waals surface area contributed by atoms with Gasteiger partial charge < -0.3 is 10.2 Å². The zero-order valence-electron chi connectivity index (χ0n) is 17.2. The Hall–Kier alpha value is -3.37. The number of anilines is 1. The molecule has 0 aliphatic heterocycles. The molecule has 4 heterocycles. The van der Waals surface area contributed by atoms with Gasteiger partial charge in [-0.25, -0.2) is 4.98 Å². The van der Waals surface area contributed by atoms with Crippen LogP contribution in [0.25, 0.3) is 22.0 Å². The van der Waals surface area contributed by atoms with Gasteiger partial charge in [0.15, 0.2) is 0 Å². The lowest BCUT2D eigenvalue weighted by atomic mass is 9.86. The van der Waals surface area contributed by atoms with Gasteiger partial charge in [0.05, 0.1) is 23.6 Å². The average Bonchev–Trinajstić information content (AvgIpc) is 3.48. The predicted octanol–water partition coefficient (Wildman–Crippen LogP) is 3.31. The lowest BCUT2D eigenvalue weighted by Crippen LogP contribution is -2.41. The van der Waals surface area contributed by atoms with Crippen molar-refractivity contribution in [3.05, 3.63) is 54.1 Å². The van der Waals surface area contributed by atoms with Crippen molar-refractivity contribution in [1.29, 1.82) is 0 Å². The van der Waals surface area contributed by atoms with Gasteiger partial charge in [-0.05, 0) is 39.1 Å². The Balaban J connectivity index is 1.40. The van der Waals surface area contributed by atoms with Crippen LogP contribution in [0.1, 0.15) is 29.4 Å². The molecule has 4 aromatic heterocycles. The van der Waals surface area contributed by atoms with Crippen molar-refractivity contribution in [2.45, 2.75) is 24.9 Å².